The first kappa shape index (κ1) is 14.7. The van der Waals surface area contributed by atoms with Crippen molar-refractivity contribution in [1.82, 2.24) is 0 Å². The summed E-state index contributed by atoms with van der Waals surface area (Å²) < 4.78 is 5.01. The van der Waals surface area contributed by atoms with Crippen molar-refractivity contribution in [2.75, 3.05) is 7.11 Å². The van der Waals surface area contributed by atoms with E-state index in [2.05, 4.69) is 10.2 Å². The molecule has 108 valence electrons. The molecule has 2 rings (SSSR count). The van der Waals surface area contributed by atoms with E-state index >= 15 is 0 Å². The predicted octanol–water partition coefficient (Wildman–Crippen LogP) is 4.25. The number of hydrogen-bond donors (Lipinski definition) is 1. The van der Waals surface area contributed by atoms with Crippen LogP contribution in [0.5, 0.6) is 11.5 Å². The van der Waals surface area contributed by atoms with Gasteiger partial charge in [0.1, 0.15) is 0 Å². The maximum Gasteiger partial charge on any atom is 0.168 e. The molecule has 0 radical (unpaired) electrons. The van der Waals surface area contributed by atoms with Gasteiger partial charge >= 0.3 is 0 Å². The van der Waals surface area contributed by atoms with Crippen molar-refractivity contribution in [2.24, 2.45) is 10.2 Å². The lowest BCUT2D eigenvalue weighted by Gasteiger charge is -2.06. The fourth-order valence-corrected chi connectivity index (χ4v) is 2.04. The lowest BCUT2D eigenvalue weighted by molar-refractivity contribution is 0.112. The fraction of sp³-hybridized carbons (Fsp3) is 0.188. The number of nitrogens with zero attached hydrogens (tertiary/aromatic N) is 2. The molecular formula is C16H16N2O3. The third-order valence-electron chi connectivity index (χ3n) is 2.92. The maximum absolute atomic E-state index is 10.9. The van der Waals surface area contributed by atoms with Gasteiger partial charge in [-0.2, -0.15) is 10.2 Å². The van der Waals surface area contributed by atoms with Crippen LogP contribution in [0.3, 0.4) is 0 Å². The van der Waals surface area contributed by atoms with Crippen LogP contribution >= 0.6 is 0 Å². The minimum absolute atomic E-state index is 0.115. The number of phenols is 1. The smallest absolute Gasteiger partial charge is 0.168 e. The van der Waals surface area contributed by atoms with E-state index < -0.39 is 0 Å². The molecule has 21 heavy (non-hydrogen) atoms. The Morgan fingerprint density at radius 1 is 1.00 bits per heavy atom. The molecule has 2 aromatic carbocycles. The molecule has 0 bridgehead atoms. The summed E-state index contributed by atoms with van der Waals surface area (Å²) in [5, 5.41) is 18.0. The van der Waals surface area contributed by atoms with Crippen LogP contribution in [0, 0.1) is 13.8 Å². The lowest BCUT2D eigenvalue weighted by Crippen LogP contribution is -1.88. The number of methoxy groups -OCH3 is 1. The van der Waals surface area contributed by atoms with Crippen molar-refractivity contribution in [3.63, 3.8) is 0 Å². The Morgan fingerprint density at radius 3 is 2.10 bits per heavy atom. The summed E-state index contributed by atoms with van der Waals surface area (Å²) in [6.07, 6.45) is 0.549. The number of aromatic hydroxyl groups is 1. The van der Waals surface area contributed by atoms with E-state index in [1.165, 1.54) is 19.2 Å². The zero-order valence-electron chi connectivity index (χ0n) is 12.1. The van der Waals surface area contributed by atoms with Crippen LogP contribution in [0.15, 0.2) is 40.6 Å². The number of azo groups is 1. The Bertz CT molecular complexity index is 689. The number of hydrogen-bond acceptors (Lipinski definition) is 5. The number of carbonyl (C=O) groups excluding carboxylic acids is 1. The average molecular weight is 284 g/mol. The second-order valence-electron chi connectivity index (χ2n) is 4.75. The molecule has 0 saturated heterocycles. The molecule has 0 spiro atoms. The highest BCUT2D eigenvalue weighted by Crippen LogP contribution is 2.34. The van der Waals surface area contributed by atoms with Crippen LogP contribution in [0.1, 0.15) is 21.5 Å². The summed E-state index contributed by atoms with van der Waals surface area (Å²) in [6.45, 7) is 3.97. The van der Waals surface area contributed by atoms with Gasteiger partial charge in [-0.1, -0.05) is 6.07 Å². The van der Waals surface area contributed by atoms with Gasteiger partial charge in [-0.25, -0.2) is 0 Å². The Kier molecular flexibility index (Phi) is 4.33. The standard InChI is InChI=1S/C16H16N2O3/c1-10-4-11(2)6-13(5-10)17-18-14-7-12(9-19)16(20)15(8-14)21-3/h4-9,20H,1-3H3. The van der Waals surface area contributed by atoms with Crippen LogP contribution in [-0.2, 0) is 0 Å². The SMILES string of the molecule is COc1cc(N=Nc2cc(C)cc(C)c2)cc(C=O)c1O. The molecule has 5 nitrogen and oxygen atoms in total. The van der Waals surface area contributed by atoms with E-state index in [1.807, 2.05) is 32.0 Å². The summed E-state index contributed by atoms with van der Waals surface area (Å²) in [6, 6.07) is 8.85. The Morgan fingerprint density at radius 2 is 1.57 bits per heavy atom. The van der Waals surface area contributed by atoms with Crippen LogP contribution in [0.2, 0.25) is 0 Å². The predicted molar refractivity (Wildman–Crippen MR) is 80.1 cm³/mol. The molecule has 0 fully saturated rings. The van der Waals surface area contributed by atoms with Crippen LogP contribution < -0.4 is 4.74 Å². The summed E-state index contributed by atoms with van der Waals surface area (Å²) in [5.74, 6) is -0.00757. The maximum atomic E-state index is 10.9. The molecule has 0 amide bonds. The molecule has 0 aromatic heterocycles. The van der Waals surface area contributed by atoms with Crippen molar-refractivity contribution in [1.29, 1.82) is 0 Å². The van der Waals surface area contributed by atoms with Crippen molar-refractivity contribution in [3.8, 4) is 11.5 Å². The van der Waals surface area contributed by atoms with Crippen LogP contribution in [0.4, 0.5) is 11.4 Å². The Labute approximate surface area is 122 Å². The minimum atomic E-state index is -0.196. The van der Waals surface area contributed by atoms with Gasteiger partial charge in [-0.05, 0) is 43.2 Å². The van der Waals surface area contributed by atoms with E-state index in [0.717, 1.165) is 16.8 Å². The summed E-state index contributed by atoms with van der Waals surface area (Å²) >= 11 is 0. The van der Waals surface area contributed by atoms with Gasteiger partial charge in [0.2, 0.25) is 0 Å². The van der Waals surface area contributed by atoms with Gasteiger partial charge in [0, 0.05) is 6.07 Å². The van der Waals surface area contributed by atoms with Gasteiger partial charge in [0.05, 0.1) is 24.0 Å². The van der Waals surface area contributed by atoms with Gasteiger partial charge in [0.25, 0.3) is 0 Å². The molecule has 1 N–H and O–H groups in total. The lowest BCUT2D eigenvalue weighted by atomic mass is 10.1. The second kappa shape index (κ2) is 6.17. The molecule has 0 aliphatic carbocycles. The summed E-state index contributed by atoms with van der Waals surface area (Å²) in [5.41, 5.74) is 3.48. The quantitative estimate of drug-likeness (QED) is 0.674. The average Bonchev–Trinajstić information content (AvgIpc) is 2.45. The van der Waals surface area contributed by atoms with Crippen molar-refractivity contribution >= 4 is 17.7 Å². The monoisotopic (exact) mass is 284 g/mol. The largest absolute Gasteiger partial charge is 0.504 e. The number of aryl methyl sites for hydroxylation is 2. The third-order valence-corrected chi connectivity index (χ3v) is 2.92. The van der Waals surface area contributed by atoms with Crippen molar-refractivity contribution in [2.45, 2.75) is 13.8 Å². The van der Waals surface area contributed by atoms with Crippen LogP contribution in [-0.4, -0.2) is 18.5 Å². The Hall–Kier alpha value is -2.69. The van der Waals surface area contributed by atoms with E-state index in [0.29, 0.717) is 12.0 Å². The molecule has 0 saturated carbocycles. The number of aldehydes is 1. The third kappa shape index (κ3) is 3.45. The number of carbonyl (C=O) groups is 1. The van der Waals surface area contributed by atoms with Gasteiger partial charge in [0.15, 0.2) is 17.8 Å². The normalized spacial score (nSPS) is 10.8. The van der Waals surface area contributed by atoms with Gasteiger partial charge in [-0.3, -0.25) is 4.79 Å². The summed E-state index contributed by atoms with van der Waals surface area (Å²) in [4.78, 5) is 10.9. The zero-order chi connectivity index (χ0) is 15.4. The molecule has 0 unspecified atom stereocenters. The topological polar surface area (TPSA) is 71.2 Å². The minimum Gasteiger partial charge on any atom is -0.504 e. The van der Waals surface area contributed by atoms with Crippen molar-refractivity contribution < 1.29 is 14.6 Å². The number of phenolic OH excluding ortho intramolecular Hbond substituents is 1. The van der Waals surface area contributed by atoms with E-state index in [1.54, 1.807) is 0 Å². The van der Waals surface area contributed by atoms with Crippen LogP contribution in [0.25, 0.3) is 0 Å². The first-order valence-corrected chi connectivity index (χ1v) is 6.39. The first-order chi connectivity index (χ1) is 10.0. The number of benzene rings is 2. The van der Waals surface area contributed by atoms with Crippen molar-refractivity contribution in [3.05, 3.63) is 47.0 Å². The summed E-state index contributed by atoms with van der Waals surface area (Å²) in [7, 11) is 1.41. The molecule has 0 heterocycles. The molecule has 0 aliphatic rings. The number of ether oxygens (including phenoxy) is 1. The molecular weight excluding hydrogens is 268 g/mol. The van der Waals surface area contributed by atoms with E-state index in [-0.39, 0.29) is 17.1 Å². The molecule has 0 aliphatic heterocycles. The second-order valence-corrected chi connectivity index (χ2v) is 4.75. The molecule has 0 atom stereocenters. The number of rotatable bonds is 4. The first-order valence-electron chi connectivity index (χ1n) is 6.39. The van der Waals surface area contributed by atoms with Gasteiger partial charge < -0.3 is 9.84 Å². The Balaban J connectivity index is 2.38. The fourth-order valence-electron chi connectivity index (χ4n) is 2.04. The van der Waals surface area contributed by atoms with E-state index in [9.17, 15) is 9.90 Å². The highest BCUT2D eigenvalue weighted by Gasteiger charge is 2.09. The molecule has 5 heteroatoms. The molecule has 2 aromatic rings. The zero-order valence-corrected chi connectivity index (χ0v) is 12.1. The highest BCUT2D eigenvalue weighted by atomic mass is 16.5. The van der Waals surface area contributed by atoms with Gasteiger partial charge in [-0.15, -0.1) is 0 Å². The highest BCUT2D eigenvalue weighted by molar-refractivity contribution is 5.83. The van der Waals surface area contributed by atoms with E-state index in [4.69, 9.17) is 4.74 Å².